The smallest absolute Gasteiger partial charge is 0.208 e. The predicted molar refractivity (Wildman–Crippen MR) is 116 cm³/mol. The number of hydrogen-bond donors (Lipinski definition) is 2. The third-order valence-corrected chi connectivity index (χ3v) is 4.61. The fourth-order valence-corrected chi connectivity index (χ4v) is 3.26. The van der Waals surface area contributed by atoms with Gasteiger partial charge in [-0.1, -0.05) is 0 Å². The second-order valence-electron chi connectivity index (χ2n) is 6.33. The van der Waals surface area contributed by atoms with Crippen LogP contribution in [0.3, 0.4) is 0 Å². The average molecular weight is 406 g/mol. The van der Waals surface area contributed by atoms with E-state index in [0.29, 0.717) is 29.0 Å². The van der Waals surface area contributed by atoms with Gasteiger partial charge in [0.1, 0.15) is 11.3 Å². The van der Waals surface area contributed by atoms with Crippen LogP contribution in [0.5, 0.6) is 17.2 Å². The quantitative estimate of drug-likeness (QED) is 0.480. The fraction of sp³-hybridized carbons (Fsp3) is 0.190. The molecule has 0 bridgehead atoms. The van der Waals surface area contributed by atoms with Crippen molar-refractivity contribution >= 4 is 28.5 Å². The van der Waals surface area contributed by atoms with Crippen LogP contribution in [0.2, 0.25) is 0 Å². The summed E-state index contributed by atoms with van der Waals surface area (Å²) in [5.41, 5.74) is 3.24. The van der Waals surface area contributed by atoms with E-state index < -0.39 is 0 Å². The highest BCUT2D eigenvalue weighted by atomic mass is 16.5. The van der Waals surface area contributed by atoms with Gasteiger partial charge in [-0.3, -0.25) is 9.55 Å². The van der Waals surface area contributed by atoms with Crippen LogP contribution in [0, 0.1) is 0 Å². The maximum Gasteiger partial charge on any atom is 0.208 e. The van der Waals surface area contributed by atoms with Crippen molar-refractivity contribution < 1.29 is 14.2 Å². The lowest BCUT2D eigenvalue weighted by atomic mass is 10.2. The monoisotopic (exact) mass is 406 g/mol. The van der Waals surface area contributed by atoms with Crippen LogP contribution in [-0.2, 0) is 0 Å². The number of hydrogen-bond acceptors (Lipinski definition) is 8. The van der Waals surface area contributed by atoms with E-state index in [1.54, 1.807) is 39.9 Å². The zero-order valence-electron chi connectivity index (χ0n) is 17.1. The summed E-state index contributed by atoms with van der Waals surface area (Å²) in [6, 6.07) is 9.46. The van der Waals surface area contributed by atoms with Crippen LogP contribution in [0.25, 0.3) is 16.7 Å². The molecular formula is C21H22N6O3. The molecule has 1 aromatic carbocycles. The molecule has 30 heavy (non-hydrogen) atoms. The van der Waals surface area contributed by atoms with Gasteiger partial charge in [0.05, 0.1) is 50.6 Å². The molecule has 4 aromatic rings. The molecule has 0 aliphatic rings. The van der Waals surface area contributed by atoms with Gasteiger partial charge < -0.3 is 24.8 Å². The number of benzene rings is 1. The zero-order valence-corrected chi connectivity index (χ0v) is 17.1. The molecule has 3 aromatic heterocycles. The Morgan fingerprint density at radius 2 is 1.73 bits per heavy atom. The standard InChI is InChI=1S/C21H22N6O3/c1-22-21-26-15-12-24-19(25-13-6-5-7-23-11-13)10-16(15)27(21)14-8-17(28-2)20(30-4)18(9-14)29-3/h5-12H,1-4H3,(H,22,26)(H,24,25). The highest BCUT2D eigenvalue weighted by molar-refractivity contribution is 5.84. The van der Waals surface area contributed by atoms with Crippen LogP contribution in [0.4, 0.5) is 17.5 Å². The van der Waals surface area contributed by atoms with Crippen molar-refractivity contribution in [3.05, 3.63) is 48.9 Å². The molecule has 0 saturated heterocycles. The summed E-state index contributed by atoms with van der Waals surface area (Å²) in [6.07, 6.45) is 5.19. The van der Waals surface area contributed by atoms with Crippen molar-refractivity contribution in [1.82, 2.24) is 19.5 Å². The molecule has 0 saturated carbocycles. The second kappa shape index (κ2) is 8.16. The van der Waals surface area contributed by atoms with Gasteiger partial charge in [0.25, 0.3) is 0 Å². The van der Waals surface area contributed by atoms with E-state index in [1.807, 2.05) is 41.9 Å². The first-order valence-corrected chi connectivity index (χ1v) is 9.22. The van der Waals surface area contributed by atoms with E-state index in [1.165, 1.54) is 0 Å². The number of pyridine rings is 2. The molecule has 2 N–H and O–H groups in total. The average Bonchev–Trinajstić information content (AvgIpc) is 3.16. The molecule has 154 valence electrons. The summed E-state index contributed by atoms with van der Waals surface area (Å²) in [4.78, 5) is 13.2. The number of nitrogens with zero attached hydrogens (tertiary/aromatic N) is 4. The van der Waals surface area contributed by atoms with Crippen molar-refractivity contribution in [2.24, 2.45) is 0 Å². The zero-order chi connectivity index (χ0) is 21.1. The van der Waals surface area contributed by atoms with Gasteiger partial charge in [0, 0.05) is 31.4 Å². The SMILES string of the molecule is CNc1nc2cnc(Nc3cccnc3)cc2n1-c1cc(OC)c(OC)c(OC)c1. The molecular weight excluding hydrogens is 384 g/mol. The molecule has 0 unspecified atom stereocenters. The van der Waals surface area contributed by atoms with Crippen molar-refractivity contribution in [2.45, 2.75) is 0 Å². The van der Waals surface area contributed by atoms with E-state index in [4.69, 9.17) is 14.2 Å². The van der Waals surface area contributed by atoms with Crippen molar-refractivity contribution in [3.63, 3.8) is 0 Å². The Morgan fingerprint density at radius 3 is 2.33 bits per heavy atom. The van der Waals surface area contributed by atoms with Gasteiger partial charge >= 0.3 is 0 Å². The van der Waals surface area contributed by atoms with E-state index in [9.17, 15) is 0 Å². The molecule has 3 heterocycles. The minimum atomic E-state index is 0.528. The molecule has 0 aliphatic heterocycles. The molecule has 9 nitrogen and oxygen atoms in total. The van der Waals surface area contributed by atoms with Gasteiger partial charge in [0.15, 0.2) is 11.5 Å². The van der Waals surface area contributed by atoms with Crippen molar-refractivity contribution in [3.8, 4) is 22.9 Å². The summed E-state index contributed by atoms with van der Waals surface area (Å²) in [5.74, 6) is 2.96. The number of nitrogens with one attached hydrogen (secondary N) is 2. The number of anilines is 3. The van der Waals surface area contributed by atoms with Crippen LogP contribution < -0.4 is 24.8 Å². The third kappa shape index (κ3) is 3.41. The summed E-state index contributed by atoms with van der Waals surface area (Å²) in [6.45, 7) is 0. The normalized spacial score (nSPS) is 10.7. The summed E-state index contributed by atoms with van der Waals surface area (Å²) >= 11 is 0. The summed E-state index contributed by atoms with van der Waals surface area (Å²) < 4.78 is 18.4. The maximum atomic E-state index is 5.51. The minimum Gasteiger partial charge on any atom is -0.493 e. The third-order valence-electron chi connectivity index (χ3n) is 4.61. The number of fused-ring (bicyclic) bond motifs is 1. The molecule has 0 fully saturated rings. The number of methoxy groups -OCH3 is 3. The Kier molecular flexibility index (Phi) is 5.25. The van der Waals surface area contributed by atoms with E-state index in [-0.39, 0.29) is 0 Å². The highest BCUT2D eigenvalue weighted by Gasteiger charge is 2.18. The molecule has 0 spiro atoms. The largest absolute Gasteiger partial charge is 0.493 e. The number of rotatable bonds is 7. The molecule has 9 heteroatoms. The van der Waals surface area contributed by atoms with Crippen molar-refractivity contribution in [1.29, 1.82) is 0 Å². The fourth-order valence-electron chi connectivity index (χ4n) is 3.26. The van der Waals surface area contributed by atoms with Gasteiger partial charge in [-0.05, 0) is 12.1 Å². The summed E-state index contributed by atoms with van der Waals surface area (Å²) in [7, 11) is 6.57. The molecule has 0 radical (unpaired) electrons. The Bertz CT molecular complexity index is 1150. The van der Waals surface area contributed by atoms with Gasteiger partial charge in [0.2, 0.25) is 11.7 Å². The highest BCUT2D eigenvalue weighted by Crippen LogP contribution is 2.40. The van der Waals surface area contributed by atoms with Crippen molar-refractivity contribution in [2.75, 3.05) is 39.0 Å². The van der Waals surface area contributed by atoms with Crippen LogP contribution >= 0.6 is 0 Å². The lowest BCUT2D eigenvalue weighted by Gasteiger charge is -2.16. The first-order chi connectivity index (χ1) is 14.7. The minimum absolute atomic E-state index is 0.528. The van der Waals surface area contributed by atoms with E-state index >= 15 is 0 Å². The van der Waals surface area contributed by atoms with E-state index in [2.05, 4.69) is 25.6 Å². The lowest BCUT2D eigenvalue weighted by Crippen LogP contribution is -2.04. The van der Waals surface area contributed by atoms with Gasteiger partial charge in [-0.25, -0.2) is 9.97 Å². The van der Waals surface area contributed by atoms with Crippen LogP contribution in [-0.4, -0.2) is 47.9 Å². The first-order valence-electron chi connectivity index (χ1n) is 9.22. The van der Waals surface area contributed by atoms with Crippen LogP contribution in [0.15, 0.2) is 48.9 Å². The summed E-state index contributed by atoms with van der Waals surface area (Å²) in [5, 5.41) is 6.40. The maximum absolute atomic E-state index is 5.51. The van der Waals surface area contributed by atoms with Crippen LogP contribution in [0.1, 0.15) is 0 Å². The number of aromatic nitrogens is 4. The Balaban J connectivity index is 1.88. The predicted octanol–water partition coefficient (Wildman–Crippen LogP) is 3.63. The lowest BCUT2D eigenvalue weighted by molar-refractivity contribution is 0.324. The van der Waals surface area contributed by atoms with Gasteiger partial charge in [-0.15, -0.1) is 0 Å². The Morgan fingerprint density at radius 1 is 0.967 bits per heavy atom. The van der Waals surface area contributed by atoms with Gasteiger partial charge in [-0.2, -0.15) is 0 Å². The molecule has 0 aliphatic carbocycles. The molecule has 0 amide bonds. The Hall–Kier alpha value is -4.01. The Labute approximate surface area is 173 Å². The number of imidazole rings is 1. The topological polar surface area (TPSA) is 95.4 Å². The molecule has 4 rings (SSSR count). The second-order valence-corrected chi connectivity index (χ2v) is 6.33. The van der Waals surface area contributed by atoms with E-state index in [0.717, 1.165) is 22.4 Å². The first kappa shape index (κ1) is 19.3. The number of ether oxygens (including phenoxy) is 3. The molecule has 0 atom stereocenters.